The quantitative estimate of drug-likeness (QED) is 0.599. The summed E-state index contributed by atoms with van der Waals surface area (Å²) >= 11 is 0. The fraction of sp³-hybridized carbons (Fsp3) is 0.609. The summed E-state index contributed by atoms with van der Waals surface area (Å²) in [6.45, 7) is 1.54. The van der Waals surface area contributed by atoms with Gasteiger partial charge in [-0.25, -0.2) is 8.42 Å². The van der Waals surface area contributed by atoms with Crippen LogP contribution in [-0.2, 0) is 19.4 Å². The lowest BCUT2D eigenvalue weighted by molar-refractivity contribution is -0.153. The minimum atomic E-state index is -4.53. The largest absolute Gasteiger partial charge is 0.484 e. The van der Waals surface area contributed by atoms with E-state index in [0.717, 1.165) is 6.07 Å². The van der Waals surface area contributed by atoms with Crippen LogP contribution in [0.25, 0.3) is 0 Å². The van der Waals surface area contributed by atoms with E-state index in [9.17, 15) is 36.4 Å². The van der Waals surface area contributed by atoms with E-state index in [1.807, 2.05) is 0 Å². The molecule has 1 aromatic carbocycles. The van der Waals surface area contributed by atoms with Crippen LogP contribution in [0.15, 0.2) is 23.1 Å². The molecule has 2 aliphatic carbocycles. The number of carbonyl (C=O) groups excluding carboxylic acids is 2. The lowest BCUT2D eigenvalue weighted by Crippen LogP contribution is -2.50. The second kappa shape index (κ2) is 8.40. The molecular formula is C23H26F3N3O5S. The van der Waals surface area contributed by atoms with Gasteiger partial charge in [0.1, 0.15) is 17.3 Å². The Labute approximate surface area is 201 Å². The highest BCUT2D eigenvalue weighted by atomic mass is 32.2. The lowest BCUT2D eigenvalue weighted by Gasteiger charge is -2.27. The number of alkyl halides is 3. The molecule has 1 heterocycles. The molecule has 3 fully saturated rings. The number of ether oxygens (including phenoxy) is 1. The zero-order valence-electron chi connectivity index (χ0n) is 19.3. The van der Waals surface area contributed by atoms with E-state index >= 15 is 0 Å². The van der Waals surface area contributed by atoms with Crippen LogP contribution in [0.2, 0.25) is 0 Å². The van der Waals surface area contributed by atoms with E-state index in [1.54, 1.807) is 6.92 Å². The van der Waals surface area contributed by atoms with E-state index in [1.165, 1.54) is 24.0 Å². The van der Waals surface area contributed by atoms with E-state index in [4.69, 9.17) is 4.74 Å². The number of halogens is 3. The maximum atomic E-state index is 13.5. The van der Waals surface area contributed by atoms with Crippen molar-refractivity contribution in [3.05, 3.63) is 23.8 Å². The number of carbonyl (C=O) groups is 2. The van der Waals surface area contributed by atoms with Crippen molar-refractivity contribution in [3.8, 4) is 11.8 Å². The summed E-state index contributed by atoms with van der Waals surface area (Å²) in [6.07, 6.45) is -2.38. The van der Waals surface area contributed by atoms with Crippen molar-refractivity contribution in [1.82, 2.24) is 10.2 Å². The van der Waals surface area contributed by atoms with Crippen molar-refractivity contribution in [2.24, 2.45) is 5.41 Å². The summed E-state index contributed by atoms with van der Waals surface area (Å²) in [5.74, 6) is -0.955. The van der Waals surface area contributed by atoms with Crippen molar-refractivity contribution >= 4 is 21.7 Å². The normalized spacial score (nSPS) is 24.4. The molecule has 35 heavy (non-hydrogen) atoms. The molecule has 1 saturated heterocycles. The zero-order valence-corrected chi connectivity index (χ0v) is 20.1. The van der Waals surface area contributed by atoms with Gasteiger partial charge in [0.15, 0.2) is 16.4 Å². The molecule has 190 valence electrons. The number of nitriles is 1. The first-order valence-corrected chi connectivity index (χ1v) is 12.8. The molecule has 0 radical (unpaired) electrons. The van der Waals surface area contributed by atoms with Crippen LogP contribution in [0.3, 0.4) is 0 Å². The van der Waals surface area contributed by atoms with Crippen molar-refractivity contribution in [1.29, 1.82) is 5.26 Å². The number of likely N-dealkylation sites (tertiary alicyclic amines) is 1. The number of aryl methyl sites for hydroxylation is 1. The van der Waals surface area contributed by atoms with Gasteiger partial charge < -0.3 is 15.0 Å². The molecule has 3 aliphatic rings. The fourth-order valence-corrected chi connectivity index (χ4v) is 6.24. The molecule has 2 atom stereocenters. The summed E-state index contributed by atoms with van der Waals surface area (Å²) in [6, 6.07) is 4.59. The number of rotatable bonds is 7. The van der Waals surface area contributed by atoms with Crippen LogP contribution in [0.1, 0.15) is 44.6 Å². The molecule has 0 bridgehead atoms. The van der Waals surface area contributed by atoms with Crippen molar-refractivity contribution in [2.75, 3.05) is 13.2 Å². The highest BCUT2D eigenvalue weighted by Crippen LogP contribution is 2.48. The Morgan fingerprint density at radius 3 is 2.43 bits per heavy atom. The molecule has 0 unspecified atom stereocenters. The Morgan fingerprint density at radius 2 is 1.91 bits per heavy atom. The number of nitrogens with zero attached hydrogens (tertiary/aromatic N) is 2. The number of amides is 2. The monoisotopic (exact) mass is 513 g/mol. The van der Waals surface area contributed by atoms with Gasteiger partial charge in [-0.05, 0) is 62.8 Å². The van der Waals surface area contributed by atoms with Gasteiger partial charge in [0.2, 0.25) is 11.8 Å². The molecule has 12 heteroatoms. The third kappa shape index (κ3) is 5.10. The van der Waals surface area contributed by atoms with Crippen LogP contribution in [0.5, 0.6) is 5.75 Å². The zero-order chi connectivity index (χ0) is 25.8. The second-order valence-corrected chi connectivity index (χ2v) is 12.1. The van der Waals surface area contributed by atoms with Crippen molar-refractivity contribution < 1.29 is 35.9 Å². The number of sulfone groups is 1. The van der Waals surface area contributed by atoms with E-state index < -0.39 is 50.8 Å². The predicted octanol–water partition coefficient (Wildman–Crippen LogP) is 2.65. The minimum absolute atomic E-state index is 0.0939. The van der Waals surface area contributed by atoms with E-state index in [0.29, 0.717) is 25.7 Å². The smallest absolute Gasteiger partial charge is 0.422 e. The molecule has 0 spiro atoms. The first-order valence-electron chi connectivity index (χ1n) is 11.3. The molecule has 0 aromatic heterocycles. The topological polar surface area (TPSA) is 117 Å². The van der Waals surface area contributed by atoms with Gasteiger partial charge in [0, 0.05) is 12.0 Å². The molecule has 4 rings (SSSR count). The van der Waals surface area contributed by atoms with E-state index in [-0.39, 0.29) is 35.1 Å². The van der Waals surface area contributed by atoms with Crippen molar-refractivity contribution in [2.45, 2.75) is 73.9 Å². The third-order valence-electron chi connectivity index (χ3n) is 6.96. The van der Waals surface area contributed by atoms with Gasteiger partial charge in [-0.1, -0.05) is 6.92 Å². The summed E-state index contributed by atoms with van der Waals surface area (Å²) in [5.41, 5.74) is -1.39. The van der Waals surface area contributed by atoms with Gasteiger partial charge in [0.05, 0.1) is 16.2 Å². The van der Waals surface area contributed by atoms with Crippen molar-refractivity contribution in [3.63, 3.8) is 0 Å². The number of benzene rings is 1. The summed E-state index contributed by atoms with van der Waals surface area (Å²) in [5, 5.41) is 10.9. The third-order valence-corrected chi connectivity index (χ3v) is 9.25. The first-order chi connectivity index (χ1) is 16.2. The Balaban J connectivity index is 1.57. The first kappa shape index (κ1) is 25.3. The van der Waals surface area contributed by atoms with Gasteiger partial charge in [-0.2, -0.15) is 18.4 Å². The minimum Gasteiger partial charge on any atom is -0.484 e. The average molecular weight is 514 g/mol. The molecule has 8 nitrogen and oxygen atoms in total. The second-order valence-electron chi connectivity index (χ2n) is 9.95. The van der Waals surface area contributed by atoms with Crippen LogP contribution in [-0.4, -0.2) is 61.3 Å². The summed E-state index contributed by atoms with van der Waals surface area (Å²) < 4.78 is 69.0. The fourth-order valence-electron chi connectivity index (χ4n) is 4.33. The Hall–Kier alpha value is -2.81. The maximum absolute atomic E-state index is 13.5. The van der Waals surface area contributed by atoms with Crippen LogP contribution in [0, 0.1) is 23.7 Å². The van der Waals surface area contributed by atoms with Crippen LogP contribution < -0.4 is 10.1 Å². The average Bonchev–Trinajstić information content (AvgIpc) is 3.67. The number of nitrogens with one attached hydrogen (secondary N) is 1. The number of hydrogen-bond acceptors (Lipinski definition) is 6. The van der Waals surface area contributed by atoms with Gasteiger partial charge in [0.25, 0.3) is 0 Å². The SMILES string of the molecule is Cc1cc(OCC(F)(F)F)ccc1S(=O)(=O)[C@@H]1C[C@@H](C(=O)NC2(C#N)CC2)N(C(=O)C2(C)CC2)C1. The molecular weight excluding hydrogens is 487 g/mol. The van der Waals surface area contributed by atoms with Gasteiger partial charge >= 0.3 is 6.18 Å². The molecule has 1 aromatic rings. The molecule has 2 saturated carbocycles. The van der Waals surface area contributed by atoms with Crippen LogP contribution in [0.4, 0.5) is 13.2 Å². The predicted molar refractivity (Wildman–Crippen MR) is 117 cm³/mol. The van der Waals surface area contributed by atoms with Gasteiger partial charge in [-0.3, -0.25) is 9.59 Å². The standard InChI is InChI=1S/C23H26F3N3O5S/c1-14-9-15(34-13-23(24,25)26)3-4-18(14)35(32,33)16-10-17(19(30)28-22(12-27)7-8-22)29(11-16)20(31)21(2)5-6-21/h3-4,9,16-17H,5-8,10-11,13H2,1-2H3,(H,28,30)/t16-,17+/m1/s1. The lowest BCUT2D eigenvalue weighted by atomic mass is 10.1. The summed E-state index contributed by atoms with van der Waals surface area (Å²) in [4.78, 5) is 27.4. The molecule has 1 N–H and O–H groups in total. The molecule has 2 amide bonds. The highest BCUT2D eigenvalue weighted by Gasteiger charge is 2.55. The highest BCUT2D eigenvalue weighted by molar-refractivity contribution is 7.92. The Bertz CT molecular complexity index is 1200. The van der Waals surface area contributed by atoms with Gasteiger partial charge in [-0.15, -0.1) is 0 Å². The summed E-state index contributed by atoms with van der Waals surface area (Å²) in [7, 11) is -4.04. The Morgan fingerprint density at radius 1 is 1.26 bits per heavy atom. The van der Waals surface area contributed by atoms with E-state index in [2.05, 4.69) is 11.4 Å². The van der Waals surface area contributed by atoms with Crippen LogP contribution >= 0.6 is 0 Å². The Kier molecular flexibility index (Phi) is 6.07. The maximum Gasteiger partial charge on any atom is 0.422 e. The molecule has 1 aliphatic heterocycles. The number of hydrogen-bond donors (Lipinski definition) is 1.